The van der Waals surface area contributed by atoms with Crippen molar-refractivity contribution in [2.24, 2.45) is 5.73 Å². The molecule has 0 atom stereocenters. The minimum Gasteiger partial charge on any atom is -0.475 e. The molecule has 0 radical (unpaired) electrons. The minimum atomic E-state index is -5.08. The zero-order valence-electron chi connectivity index (χ0n) is 18.5. The Morgan fingerprint density at radius 3 is 2.56 bits per heavy atom. The number of hydrogen-bond acceptors (Lipinski definition) is 4. The Hall–Kier alpha value is -4.39. The maximum atomic E-state index is 14.1. The van der Waals surface area contributed by atoms with E-state index < -0.39 is 12.1 Å². The molecule has 0 amide bonds. The molecule has 0 saturated heterocycles. The van der Waals surface area contributed by atoms with Crippen LogP contribution in [0.3, 0.4) is 0 Å². The number of halogens is 4. The van der Waals surface area contributed by atoms with Crippen LogP contribution < -0.4 is 11.4 Å². The molecule has 9 nitrogen and oxygen atoms in total. The molecular weight excluding hydrogens is 484 g/mol. The molecule has 0 spiro atoms. The highest BCUT2D eigenvalue weighted by atomic mass is 19.4. The number of nitrogens with one attached hydrogen (secondary N) is 2. The standard InChI is InChI=1S/C21H19FN6O.C2HF3O2/c22-13-6-7-18-15(10-13)19(12-27(18)9-3-8-23)28-20(25-26-21(28)29)16-11-24-17-5-2-1-4-14(16)17;3-2(4,5)1(6)7/h1-2,4-7,10-12,24H,3,8-9,23H2,(H,26,29);(H,6,7). The van der Waals surface area contributed by atoms with Gasteiger partial charge >= 0.3 is 17.8 Å². The molecule has 0 bridgehead atoms. The number of nitrogens with two attached hydrogens (primary N) is 1. The number of fused-ring (bicyclic) bond motifs is 2. The summed E-state index contributed by atoms with van der Waals surface area (Å²) in [6.07, 6.45) is -0.629. The number of aromatic amines is 2. The van der Waals surface area contributed by atoms with Gasteiger partial charge in [0.1, 0.15) is 5.82 Å². The summed E-state index contributed by atoms with van der Waals surface area (Å²) >= 11 is 0. The van der Waals surface area contributed by atoms with Gasteiger partial charge in [-0.15, -0.1) is 0 Å². The maximum Gasteiger partial charge on any atom is 0.490 e. The second-order valence-corrected chi connectivity index (χ2v) is 7.75. The van der Waals surface area contributed by atoms with Gasteiger partial charge in [0.25, 0.3) is 0 Å². The number of aliphatic carboxylic acids is 1. The van der Waals surface area contributed by atoms with Crippen LogP contribution >= 0.6 is 0 Å². The van der Waals surface area contributed by atoms with Gasteiger partial charge in [-0.25, -0.2) is 23.6 Å². The quantitative estimate of drug-likeness (QED) is 0.270. The number of rotatable bonds is 5. The number of H-pyrrole nitrogens is 2. The number of carboxylic acid groups (broad SMARTS) is 1. The third kappa shape index (κ3) is 4.73. The summed E-state index contributed by atoms with van der Waals surface area (Å²) in [5.74, 6) is -2.65. The summed E-state index contributed by atoms with van der Waals surface area (Å²) in [6, 6.07) is 12.4. The Balaban J connectivity index is 0.000000384. The van der Waals surface area contributed by atoms with E-state index in [-0.39, 0.29) is 11.5 Å². The number of aromatic nitrogens is 5. The van der Waals surface area contributed by atoms with E-state index in [0.29, 0.717) is 30.0 Å². The zero-order valence-corrected chi connectivity index (χ0v) is 18.5. The van der Waals surface area contributed by atoms with Gasteiger partial charge in [-0.05, 0) is 37.2 Å². The van der Waals surface area contributed by atoms with Gasteiger partial charge in [0.05, 0.1) is 11.2 Å². The monoisotopic (exact) mass is 504 g/mol. The van der Waals surface area contributed by atoms with Gasteiger partial charge in [-0.2, -0.15) is 18.3 Å². The third-order valence-corrected chi connectivity index (χ3v) is 5.41. The fourth-order valence-corrected chi connectivity index (χ4v) is 3.83. The van der Waals surface area contributed by atoms with Crippen LogP contribution in [0, 0.1) is 5.82 Å². The largest absolute Gasteiger partial charge is 0.490 e. The van der Waals surface area contributed by atoms with Crippen molar-refractivity contribution in [2.75, 3.05) is 6.54 Å². The van der Waals surface area contributed by atoms with Gasteiger partial charge < -0.3 is 20.4 Å². The van der Waals surface area contributed by atoms with Crippen LogP contribution in [0.5, 0.6) is 0 Å². The van der Waals surface area contributed by atoms with E-state index in [9.17, 15) is 22.4 Å². The third-order valence-electron chi connectivity index (χ3n) is 5.41. The molecular formula is C23H20F4N6O3. The molecule has 0 fully saturated rings. The molecule has 13 heteroatoms. The Morgan fingerprint density at radius 2 is 1.86 bits per heavy atom. The number of hydrogen-bond donors (Lipinski definition) is 4. The van der Waals surface area contributed by atoms with Crippen LogP contribution in [0.4, 0.5) is 17.6 Å². The van der Waals surface area contributed by atoms with Gasteiger partial charge in [-0.1, -0.05) is 18.2 Å². The predicted molar refractivity (Wildman–Crippen MR) is 124 cm³/mol. The van der Waals surface area contributed by atoms with Gasteiger partial charge in [-0.3, -0.25) is 0 Å². The highest BCUT2D eigenvalue weighted by Gasteiger charge is 2.38. The normalized spacial score (nSPS) is 11.6. The molecule has 36 heavy (non-hydrogen) atoms. The molecule has 5 N–H and O–H groups in total. The number of alkyl halides is 3. The molecule has 0 unspecified atom stereocenters. The van der Waals surface area contributed by atoms with E-state index >= 15 is 0 Å². The number of para-hydroxylation sites is 1. The van der Waals surface area contributed by atoms with Crippen molar-refractivity contribution in [1.82, 2.24) is 24.3 Å². The van der Waals surface area contributed by atoms with Gasteiger partial charge in [0.15, 0.2) is 5.82 Å². The molecule has 188 valence electrons. The van der Waals surface area contributed by atoms with E-state index in [2.05, 4.69) is 15.2 Å². The van der Waals surface area contributed by atoms with Crippen molar-refractivity contribution < 1.29 is 27.5 Å². The zero-order chi connectivity index (χ0) is 26.0. The summed E-state index contributed by atoms with van der Waals surface area (Å²) in [6.45, 7) is 1.22. The Kier molecular flexibility index (Phi) is 6.66. The van der Waals surface area contributed by atoms with Crippen LogP contribution in [-0.4, -0.2) is 48.1 Å². The molecule has 0 aliphatic carbocycles. The summed E-state index contributed by atoms with van der Waals surface area (Å²) in [7, 11) is 0. The Labute approximate surface area is 199 Å². The Bertz CT molecular complexity index is 1590. The number of carboxylic acids is 1. The lowest BCUT2D eigenvalue weighted by Crippen LogP contribution is -2.21. The fraction of sp³-hybridized carbons (Fsp3) is 0.174. The highest BCUT2D eigenvalue weighted by molar-refractivity contribution is 5.95. The molecule has 5 rings (SSSR count). The van der Waals surface area contributed by atoms with Crippen molar-refractivity contribution in [3.8, 4) is 17.1 Å². The second-order valence-electron chi connectivity index (χ2n) is 7.75. The van der Waals surface area contributed by atoms with Crippen LogP contribution in [0.2, 0.25) is 0 Å². The lowest BCUT2D eigenvalue weighted by Gasteiger charge is -2.04. The number of nitrogens with zero attached hydrogens (tertiary/aromatic N) is 3. The predicted octanol–water partition coefficient (Wildman–Crippen LogP) is 3.78. The summed E-state index contributed by atoms with van der Waals surface area (Å²) in [5.41, 5.74) is 8.44. The highest BCUT2D eigenvalue weighted by Crippen LogP contribution is 2.31. The number of aryl methyl sites for hydroxylation is 1. The topological polar surface area (TPSA) is 135 Å². The van der Waals surface area contributed by atoms with Crippen molar-refractivity contribution in [1.29, 1.82) is 0 Å². The van der Waals surface area contributed by atoms with Crippen molar-refractivity contribution >= 4 is 27.8 Å². The van der Waals surface area contributed by atoms with Crippen LogP contribution in [0.15, 0.2) is 59.7 Å². The van der Waals surface area contributed by atoms with Crippen molar-refractivity contribution in [3.05, 3.63) is 71.2 Å². The summed E-state index contributed by atoms with van der Waals surface area (Å²) in [5, 5.41) is 15.5. The minimum absolute atomic E-state index is 0.361. The lowest BCUT2D eigenvalue weighted by atomic mass is 10.1. The molecule has 0 saturated carbocycles. The molecule has 5 aromatic rings. The smallest absolute Gasteiger partial charge is 0.475 e. The molecule has 0 aliphatic rings. The van der Waals surface area contributed by atoms with Crippen LogP contribution in [0.1, 0.15) is 6.42 Å². The molecule has 3 heterocycles. The molecule has 2 aromatic carbocycles. The van der Waals surface area contributed by atoms with E-state index in [1.165, 1.54) is 16.7 Å². The summed E-state index contributed by atoms with van der Waals surface area (Å²) in [4.78, 5) is 24.8. The first-order valence-corrected chi connectivity index (χ1v) is 10.6. The summed E-state index contributed by atoms with van der Waals surface area (Å²) < 4.78 is 49.3. The first-order chi connectivity index (χ1) is 17.1. The first kappa shape index (κ1) is 24.7. The maximum absolute atomic E-state index is 14.1. The van der Waals surface area contributed by atoms with Crippen molar-refractivity contribution in [3.63, 3.8) is 0 Å². The number of carbonyl (C=O) groups is 1. The van der Waals surface area contributed by atoms with E-state index in [4.69, 9.17) is 15.6 Å². The SMILES string of the molecule is NCCCn1cc(-n2c(-c3c[nH]c4ccccc34)n[nH]c2=O)c2cc(F)ccc21.O=C(O)C(F)(F)F. The van der Waals surface area contributed by atoms with Crippen molar-refractivity contribution in [2.45, 2.75) is 19.1 Å². The van der Waals surface area contributed by atoms with Gasteiger partial charge in [0, 0.05) is 40.8 Å². The average molecular weight is 504 g/mol. The molecule has 3 aromatic heterocycles. The average Bonchev–Trinajstić information content (AvgIpc) is 3.52. The Morgan fingerprint density at radius 1 is 1.14 bits per heavy atom. The molecule has 0 aliphatic heterocycles. The van der Waals surface area contributed by atoms with E-state index in [1.807, 2.05) is 41.2 Å². The lowest BCUT2D eigenvalue weighted by molar-refractivity contribution is -0.192. The van der Waals surface area contributed by atoms with E-state index in [1.54, 1.807) is 6.07 Å². The number of benzene rings is 2. The van der Waals surface area contributed by atoms with Crippen LogP contribution in [0.25, 0.3) is 38.9 Å². The fourth-order valence-electron chi connectivity index (χ4n) is 3.83. The second kappa shape index (κ2) is 9.70. The van der Waals surface area contributed by atoms with Gasteiger partial charge in [0.2, 0.25) is 0 Å². The van der Waals surface area contributed by atoms with E-state index in [0.717, 1.165) is 28.4 Å². The first-order valence-electron chi connectivity index (χ1n) is 10.6. The van der Waals surface area contributed by atoms with Crippen LogP contribution in [-0.2, 0) is 11.3 Å².